The largest absolute Gasteiger partial charge is 0.442 e. The lowest BCUT2D eigenvalue weighted by Gasteiger charge is -2.19. The highest BCUT2D eigenvalue weighted by Crippen LogP contribution is 2.22. The average molecular weight is 285 g/mol. The zero-order valence-corrected chi connectivity index (χ0v) is 11.7. The van der Waals surface area contributed by atoms with Crippen molar-refractivity contribution in [1.82, 2.24) is 9.78 Å². The summed E-state index contributed by atoms with van der Waals surface area (Å²) < 4.78 is 19.6. The zero-order chi connectivity index (χ0) is 14.2. The van der Waals surface area contributed by atoms with Gasteiger partial charge in [-0.1, -0.05) is 0 Å². The number of fused-ring (bicyclic) bond motifs is 1. The van der Waals surface area contributed by atoms with Crippen molar-refractivity contribution in [3.63, 3.8) is 0 Å². The van der Waals surface area contributed by atoms with Crippen LogP contribution in [0.2, 0.25) is 0 Å². The summed E-state index contributed by atoms with van der Waals surface area (Å²) in [6.07, 6.45) is -0.653. The monoisotopic (exact) mass is 284 g/mol. The minimum atomic E-state index is -0.653. The van der Waals surface area contributed by atoms with E-state index in [2.05, 4.69) is 5.10 Å². The molecule has 0 aliphatic rings. The van der Waals surface area contributed by atoms with Gasteiger partial charge in [0.25, 0.3) is 0 Å². The molecule has 0 saturated carbocycles. The van der Waals surface area contributed by atoms with Crippen LogP contribution >= 0.6 is 11.6 Å². The third-order valence-corrected chi connectivity index (χ3v) is 2.67. The molecule has 0 aliphatic carbocycles. The predicted octanol–water partition coefficient (Wildman–Crippen LogP) is 3.70. The third kappa shape index (κ3) is 2.87. The SMILES string of the molecule is CC(C)(C)OC(=O)n1nc(CCl)c2ccc(F)cc21. The van der Waals surface area contributed by atoms with Crippen molar-refractivity contribution >= 4 is 28.6 Å². The topological polar surface area (TPSA) is 44.1 Å². The highest BCUT2D eigenvalue weighted by molar-refractivity contribution is 6.17. The van der Waals surface area contributed by atoms with Crippen molar-refractivity contribution < 1.29 is 13.9 Å². The molecule has 1 heterocycles. The lowest BCUT2D eigenvalue weighted by molar-refractivity contribution is 0.0522. The first-order chi connectivity index (χ1) is 8.81. The Morgan fingerprint density at radius 1 is 1.47 bits per heavy atom. The Bertz CT molecular complexity index is 631. The van der Waals surface area contributed by atoms with E-state index in [-0.39, 0.29) is 5.88 Å². The van der Waals surface area contributed by atoms with Gasteiger partial charge >= 0.3 is 6.09 Å². The molecule has 1 aromatic carbocycles. The summed E-state index contributed by atoms with van der Waals surface area (Å²) >= 11 is 5.78. The molecule has 0 N–H and O–H groups in total. The van der Waals surface area contributed by atoms with Crippen molar-refractivity contribution in [2.24, 2.45) is 0 Å². The van der Waals surface area contributed by atoms with Gasteiger partial charge in [-0.25, -0.2) is 9.18 Å². The van der Waals surface area contributed by atoms with Crippen molar-refractivity contribution in [2.75, 3.05) is 0 Å². The molecule has 0 atom stereocenters. The second-order valence-corrected chi connectivity index (χ2v) is 5.40. The van der Waals surface area contributed by atoms with E-state index in [1.54, 1.807) is 26.8 Å². The van der Waals surface area contributed by atoms with E-state index in [9.17, 15) is 9.18 Å². The highest BCUT2D eigenvalue weighted by Gasteiger charge is 2.22. The maximum atomic E-state index is 13.3. The highest BCUT2D eigenvalue weighted by atomic mass is 35.5. The van der Waals surface area contributed by atoms with E-state index < -0.39 is 17.5 Å². The molecule has 0 fully saturated rings. The van der Waals surface area contributed by atoms with Gasteiger partial charge in [-0.05, 0) is 32.9 Å². The van der Waals surface area contributed by atoms with Crippen molar-refractivity contribution in [2.45, 2.75) is 32.3 Å². The van der Waals surface area contributed by atoms with Gasteiger partial charge in [0, 0.05) is 11.5 Å². The summed E-state index contributed by atoms with van der Waals surface area (Å²) in [7, 11) is 0. The summed E-state index contributed by atoms with van der Waals surface area (Å²) in [4.78, 5) is 12.0. The van der Waals surface area contributed by atoms with E-state index >= 15 is 0 Å². The van der Waals surface area contributed by atoms with Crippen LogP contribution in [0.4, 0.5) is 9.18 Å². The van der Waals surface area contributed by atoms with E-state index in [0.29, 0.717) is 16.6 Å². The first kappa shape index (κ1) is 13.8. The minimum absolute atomic E-state index is 0.137. The number of nitrogens with zero attached hydrogens (tertiary/aromatic N) is 2. The number of rotatable bonds is 1. The molecule has 4 nitrogen and oxygen atoms in total. The third-order valence-electron chi connectivity index (χ3n) is 2.41. The van der Waals surface area contributed by atoms with Gasteiger partial charge in [0.15, 0.2) is 0 Å². The second kappa shape index (κ2) is 4.81. The first-order valence-corrected chi connectivity index (χ1v) is 6.32. The smallest absolute Gasteiger partial charge is 0.435 e. The number of benzene rings is 1. The van der Waals surface area contributed by atoms with Crippen molar-refractivity contribution in [3.05, 3.63) is 29.7 Å². The zero-order valence-electron chi connectivity index (χ0n) is 10.9. The Labute approximate surface area is 115 Å². The van der Waals surface area contributed by atoms with Crippen LogP contribution in [-0.4, -0.2) is 21.5 Å². The van der Waals surface area contributed by atoms with Crippen LogP contribution in [-0.2, 0) is 10.6 Å². The van der Waals surface area contributed by atoms with Gasteiger partial charge in [-0.2, -0.15) is 9.78 Å². The van der Waals surface area contributed by atoms with E-state index in [0.717, 1.165) is 4.68 Å². The number of halogens is 2. The molecule has 0 aliphatic heterocycles. The van der Waals surface area contributed by atoms with Gasteiger partial charge < -0.3 is 4.74 Å². The maximum absolute atomic E-state index is 13.3. The summed E-state index contributed by atoms with van der Waals surface area (Å²) in [5.41, 5.74) is 0.219. The molecule has 0 bridgehead atoms. The lowest BCUT2D eigenvalue weighted by atomic mass is 10.2. The number of hydrogen-bond acceptors (Lipinski definition) is 3. The van der Waals surface area contributed by atoms with Crippen LogP contribution in [0.15, 0.2) is 18.2 Å². The van der Waals surface area contributed by atoms with Crippen LogP contribution in [0.3, 0.4) is 0 Å². The van der Waals surface area contributed by atoms with Crippen LogP contribution in [0.1, 0.15) is 26.5 Å². The Kier molecular flexibility index (Phi) is 3.49. The molecule has 1 aromatic heterocycles. The number of carbonyl (C=O) groups is 1. The van der Waals surface area contributed by atoms with E-state index in [4.69, 9.17) is 16.3 Å². The quantitative estimate of drug-likeness (QED) is 0.750. The standard InChI is InChI=1S/C13H14ClFN2O2/c1-13(2,3)19-12(18)17-11-6-8(15)4-5-9(11)10(7-14)16-17/h4-6H,7H2,1-3H3. The molecule has 0 radical (unpaired) electrons. The fourth-order valence-electron chi connectivity index (χ4n) is 1.70. The first-order valence-electron chi connectivity index (χ1n) is 5.78. The number of alkyl halides is 1. The molecule has 102 valence electrons. The summed E-state index contributed by atoms with van der Waals surface area (Å²) in [6.45, 7) is 5.25. The molecular formula is C13H14ClFN2O2. The Morgan fingerprint density at radius 3 is 2.74 bits per heavy atom. The van der Waals surface area contributed by atoms with E-state index in [1.165, 1.54) is 12.1 Å². The fourth-order valence-corrected chi connectivity index (χ4v) is 1.89. The van der Waals surface area contributed by atoms with Gasteiger partial charge in [0.1, 0.15) is 11.4 Å². The Hall–Kier alpha value is -1.62. The van der Waals surface area contributed by atoms with Crippen LogP contribution < -0.4 is 0 Å². The Balaban J connectivity index is 2.54. The molecule has 0 unspecified atom stereocenters. The van der Waals surface area contributed by atoms with Crippen molar-refractivity contribution in [3.8, 4) is 0 Å². The lowest BCUT2D eigenvalue weighted by Crippen LogP contribution is -2.27. The predicted molar refractivity (Wildman–Crippen MR) is 70.9 cm³/mol. The van der Waals surface area contributed by atoms with Gasteiger partial charge in [0.2, 0.25) is 0 Å². The number of ether oxygens (including phenoxy) is 1. The molecule has 0 spiro atoms. The van der Waals surface area contributed by atoms with Crippen LogP contribution in [0.25, 0.3) is 10.9 Å². The number of hydrogen-bond donors (Lipinski definition) is 0. The summed E-state index contributed by atoms with van der Waals surface area (Å²) in [5.74, 6) is -0.309. The Morgan fingerprint density at radius 2 is 2.16 bits per heavy atom. The molecule has 6 heteroatoms. The summed E-state index contributed by atoms with van der Waals surface area (Å²) in [6, 6.07) is 4.10. The number of aromatic nitrogens is 2. The molecular weight excluding hydrogens is 271 g/mol. The molecule has 2 rings (SSSR count). The van der Waals surface area contributed by atoms with Gasteiger partial charge in [0.05, 0.1) is 17.1 Å². The average Bonchev–Trinajstić information content (AvgIpc) is 2.64. The van der Waals surface area contributed by atoms with Gasteiger partial charge in [-0.3, -0.25) is 0 Å². The molecule has 0 amide bonds. The van der Waals surface area contributed by atoms with Crippen LogP contribution in [0.5, 0.6) is 0 Å². The van der Waals surface area contributed by atoms with Crippen molar-refractivity contribution in [1.29, 1.82) is 0 Å². The number of carbonyl (C=O) groups excluding carboxylic acids is 1. The molecule has 2 aromatic rings. The second-order valence-electron chi connectivity index (χ2n) is 5.13. The van der Waals surface area contributed by atoms with Gasteiger partial charge in [-0.15, -0.1) is 11.6 Å². The van der Waals surface area contributed by atoms with E-state index in [1.807, 2.05) is 0 Å². The minimum Gasteiger partial charge on any atom is -0.442 e. The summed E-state index contributed by atoms with van der Waals surface area (Å²) in [5, 5.41) is 4.72. The molecule has 19 heavy (non-hydrogen) atoms. The fraction of sp³-hybridized carbons (Fsp3) is 0.385. The maximum Gasteiger partial charge on any atom is 0.435 e. The normalized spacial score (nSPS) is 11.8. The molecule has 0 saturated heterocycles. The van der Waals surface area contributed by atoms with Crippen LogP contribution in [0, 0.1) is 5.82 Å².